The number of para-hydroxylation sites is 2. The van der Waals surface area contributed by atoms with Crippen LogP contribution in [0.1, 0.15) is 0 Å². The third kappa shape index (κ3) is 4.84. The number of fused-ring (bicyclic) bond motifs is 4. The van der Waals surface area contributed by atoms with E-state index in [-0.39, 0.29) is 0 Å². The Kier molecular flexibility index (Phi) is 6.43. The molecule has 3 heterocycles. The third-order valence-electron chi connectivity index (χ3n) is 8.77. The Hall–Kier alpha value is -6.39. The molecule has 0 radical (unpaired) electrons. The van der Waals surface area contributed by atoms with Crippen LogP contribution in [0.5, 0.6) is 0 Å². The molecule has 9 aromatic rings. The van der Waals surface area contributed by atoms with Crippen LogP contribution in [-0.2, 0) is 0 Å². The van der Waals surface area contributed by atoms with Crippen molar-refractivity contribution >= 4 is 33.1 Å². The van der Waals surface area contributed by atoms with Crippen molar-refractivity contribution in [2.75, 3.05) is 0 Å². The number of pyridine rings is 1. The van der Waals surface area contributed by atoms with Crippen LogP contribution < -0.4 is 0 Å². The van der Waals surface area contributed by atoms with Gasteiger partial charge in [-0.15, -0.1) is 0 Å². The Balaban J connectivity index is 1.29. The van der Waals surface area contributed by atoms with Crippen LogP contribution in [0.15, 0.2) is 170 Å². The fourth-order valence-electron chi connectivity index (χ4n) is 6.48. The van der Waals surface area contributed by atoms with Crippen molar-refractivity contribution in [2.45, 2.75) is 0 Å². The molecule has 0 unspecified atom stereocenters. The maximum absolute atomic E-state index is 5.19. The second kappa shape index (κ2) is 11.2. The van der Waals surface area contributed by atoms with Crippen molar-refractivity contribution in [3.63, 3.8) is 0 Å². The number of aromatic nitrogens is 4. The van der Waals surface area contributed by atoms with Crippen molar-refractivity contribution in [1.82, 2.24) is 19.5 Å². The lowest BCUT2D eigenvalue weighted by molar-refractivity contribution is 1.06. The van der Waals surface area contributed by atoms with E-state index >= 15 is 0 Å². The molecule has 0 aliphatic heterocycles. The molecule has 0 fully saturated rings. The van der Waals surface area contributed by atoms with Crippen molar-refractivity contribution < 1.29 is 0 Å². The minimum Gasteiger partial charge on any atom is -0.276 e. The van der Waals surface area contributed by atoms with E-state index in [2.05, 4.69) is 126 Å². The third-order valence-corrected chi connectivity index (χ3v) is 8.77. The van der Waals surface area contributed by atoms with Gasteiger partial charge in [-0.2, -0.15) is 0 Å². The van der Waals surface area contributed by atoms with Gasteiger partial charge in [-0.05, 0) is 88.0 Å². The van der Waals surface area contributed by atoms with Gasteiger partial charge in [0.1, 0.15) is 11.3 Å². The molecular formula is C43H28N4. The average Bonchev–Trinajstić information content (AvgIpc) is 3.47. The van der Waals surface area contributed by atoms with Gasteiger partial charge in [0.25, 0.3) is 0 Å². The lowest BCUT2D eigenvalue weighted by atomic mass is 9.93. The smallest absolute Gasteiger partial charge is 0.166 e. The van der Waals surface area contributed by atoms with E-state index in [1.54, 1.807) is 0 Å². The largest absolute Gasteiger partial charge is 0.276 e. The number of rotatable bonds is 5. The van der Waals surface area contributed by atoms with Gasteiger partial charge in [0.05, 0.1) is 22.2 Å². The molecule has 0 atom stereocenters. The van der Waals surface area contributed by atoms with E-state index in [1.165, 1.54) is 22.3 Å². The molecule has 4 nitrogen and oxygen atoms in total. The standard InChI is InChI=1S/C43H28N4/c1-4-13-29(14-5-1)33-25-34(30-15-6-2-7-16-30)27-35(26-33)32-23-24-40-36(28-32)42-43(46-39-20-11-10-19-38(39)45-42)47(40)41-22-12-21-37(44-41)31-17-8-3-9-18-31/h1-28H. The van der Waals surface area contributed by atoms with E-state index in [1.807, 2.05) is 48.5 Å². The van der Waals surface area contributed by atoms with Gasteiger partial charge >= 0.3 is 0 Å². The zero-order valence-electron chi connectivity index (χ0n) is 25.5. The number of nitrogens with zero attached hydrogens (tertiary/aromatic N) is 4. The molecule has 0 bridgehead atoms. The summed E-state index contributed by atoms with van der Waals surface area (Å²) in [5.41, 5.74) is 13.4. The highest BCUT2D eigenvalue weighted by molar-refractivity contribution is 6.09. The quantitative estimate of drug-likeness (QED) is 0.197. The summed E-state index contributed by atoms with van der Waals surface area (Å²) >= 11 is 0. The fourth-order valence-corrected chi connectivity index (χ4v) is 6.48. The van der Waals surface area contributed by atoms with Crippen molar-refractivity contribution in [3.05, 3.63) is 170 Å². The first-order valence-corrected chi connectivity index (χ1v) is 15.8. The molecule has 0 N–H and O–H groups in total. The topological polar surface area (TPSA) is 43.6 Å². The fraction of sp³-hybridized carbons (Fsp3) is 0. The van der Waals surface area contributed by atoms with Crippen LogP contribution in [-0.4, -0.2) is 19.5 Å². The van der Waals surface area contributed by atoms with E-state index in [9.17, 15) is 0 Å². The molecule has 0 saturated heterocycles. The minimum absolute atomic E-state index is 0.788. The van der Waals surface area contributed by atoms with E-state index in [0.717, 1.165) is 61.3 Å². The molecule has 220 valence electrons. The SMILES string of the molecule is c1ccc(-c2cc(-c3ccccc3)cc(-c3ccc4c(c3)c3nc5ccccc5nc3n4-c3cccc(-c4ccccc4)n3)c2)cc1. The summed E-state index contributed by atoms with van der Waals surface area (Å²) in [6.45, 7) is 0. The lowest BCUT2D eigenvalue weighted by Crippen LogP contribution is -2.00. The molecule has 9 rings (SSSR count). The zero-order chi connectivity index (χ0) is 31.2. The summed E-state index contributed by atoms with van der Waals surface area (Å²) in [5, 5.41) is 1.04. The first-order chi connectivity index (χ1) is 23.3. The molecule has 0 saturated carbocycles. The molecule has 0 aliphatic rings. The normalized spacial score (nSPS) is 11.4. The number of hydrogen-bond acceptors (Lipinski definition) is 3. The summed E-state index contributed by atoms with van der Waals surface area (Å²) in [6.07, 6.45) is 0. The summed E-state index contributed by atoms with van der Waals surface area (Å²) in [7, 11) is 0. The van der Waals surface area contributed by atoms with Gasteiger partial charge in [0, 0.05) is 10.9 Å². The maximum atomic E-state index is 5.19. The maximum Gasteiger partial charge on any atom is 0.166 e. The second-order valence-electron chi connectivity index (χ2n) is 11.7. The predicted molar refractivity (Wildman–Crippen MR) is 193 cm³/mol. The van der Waals surface area contributed by atoms with Crippen LogP contribution in [0.4, 0.5) is 0 Å². The van der Waals surface area contributed by atoms with Crippen LogP contribution in [0.3, 0.4) is 0 Å². The van der Waals surface area contributed by atoms with E-state index < -0.39 is 0 Å². The summed E-state index contributed by atoms with van der Waals surface area (Å²) in [5.74, 6) is 0.807. The van der Waals surface area contributed by atoms with Gasteiger partial charge in [0.2, 0.25) is 0 Å². The Morgan fingerprint density at radius 2 is 0.915 bits per heavy atom. The molecule has 4 heteroatoms. The average molecular weight is 601 g/mol. The van der Waals surface area contributed by atoms with Gasteiger partial charge in [-0.3, -0.25) is 4.57 Å². The van der Waals surface area contributed by atoms with Crippen molar-refractivity contribution in [2.24, 2.45) is 0 Å². The molecule has 0 spiro atoms. The Bertz CT molecular complexity index is 2500. The second-order valence-corrected chi connectivity index (χ2v) is 11.7. The van der Waals surface area contributed by atoms with Crippen molar-refractivity contribution in [1.29, 1.82) is 0 Å². The van der Waals surface area contributed by atoms with Gasteiger partial charge in [-0.1, -0.05) is 115 Å². The minimum atomic E-state index is 0.788. The van der Waals surface area contributed by atoms with Crippen LogP contribution in [0, 0.1) is 0 Å². The molecule has 47 heavy (non-hydrogen) atoms. The highest BCUT2D eigenvalue weighted by Crippen LogP contribution is 2.37. The number of hydrogen-bond donors (Lipinski definition) is 0. The first-order valence-electron chi connectivity index (χ1n) is 15.8. The monoisotopic (exact) mass is 600 g/mol. The Morgan fingerprint density at radius 3 is 1.55 bits per heavy atom. The van der Waals surface area contributed by atoms with Crippen LogP contribution in [0.25, 0.3) is 83.6 Å². The molecule has 0 amide bonds. The van der Waals surface area contributed by atoms with Gasteiger partial charge in [-0.25, -0.2) is 15.0 Å². The summed E-state index contributed by atoms with van der Waals surface area (Å²) < 4.78 is 2.15. The van der Waals surface area contributed by atoms with E-state index in [4.69, 9.17) is 15.0 Å². The lowest BCUT2D eigenvalue weighted by Gasteiger charge is -2.12. The summed E-state index contributed by atoms with van der Waals surface area (Å²) in [4.78, 5) is 15.5. The van der Waals surface area contributed by atoms with Gasteiger partial charge < -0.3 is 0 Å². The molecule has 6 aromatic carbocycles. The zero-order valence-corrected chi connectivity index (χ0v) is 25.5. The molecule has 3 aromatic heterocycles. The van der Waals surface area contributed by atoms with Gasteiger partial charge in [0.15, 0.2) is 5.65 Å². The summed E-state index contributed by atoms with van der Waals surface area (Å²) in [6, 6.07) is 59.2. The number of benzene rings is 6. The Labute approximate surface area is 272 Å². The predicted octanol–water partition coefficient (Wildman–Crippen LogP) is 10.8. The highest BCUT2D eigenvalue weighted by Gasteiger charge is 2.19. The first kappa shape index (κ1) is 27.0. The highest BCUT2D eigenvalue weighted by atomic mass is 15.1. The molecular weight excluding hydrogens is 573 g/mol. The van der Waals surface area contributed by atoms with Crippen LogP contribution in [0.2, 0.25) is 0 Å². The van der Waals surface area contributed by atoms with Crippen LogP contribution >= 0.6 is 0 Å². The molecule has 0 aliphatic carbocycles. The van der Waals surface area contributed by atoms with Crippen molar-refractivity contribution in [3.8, 4) is 50.5 Å². The Morgan fingerprint density at radius 1 is 0.362 bits per heavy atom. The van der Waals surface area contributed by atoms with E-state index in [0.29, 0.717) is 0 Å².